The topological polar surface area (TPSA) is 88.0 Å². The largest absolute Gasteiger partial charge is 2.00 e. The van der Waals surface area contributed by atoms with Crippen LogP contribution in [0.3, 0.4) is 0 Å². The molecule has 0 unspecified atom stereocenters. The Hall–Kier alpha value is -1.42. The van der Waals surface area contributed by atoms with Crippen molar-refractivity contribution in [3.8, 4) is 5.75 Å². The number of rotatable bonds is 1. The number of carboxylic acids is 1. The number of nitrogens with zero attached hydrogens (tertiary/aromatic N) is 2. The van der Waals surface area contributed by atoms with Crippen molar-refractivity contribution in [1.29, 1.82) is 0 Å². The van der Waals surface area contributed by atoms with Gasteiger partial charge >= 0.3 is 49.5 Å². The molecule has 0 bridgehead atoms. The van der Waals surface area contributed by atoms with Crippen molar-refractivity contribution in [2.24, 2.45) is 4.99 Å². The van der Waals surface area contributed by atoms with Crippen LogP contribution in [0.25, 0.3) is 0 Å². The number of aromatic hydroxyl groups is 1. The molecule has 14 heteroatoms. The zero-order chi connectivity index (χ0) is 26.0. The number of aliphatic imine (C=N–C) groups is 1. The first-order valence-corrected chi connectivity index (χ1v) is 12.2. The molecule has 34 heavy (non-hydrogen) atoms. The van der Waals surface area contributed by atoms with Gasteiger partial charge in [-0.15, -0.1) is 0 Å². The van der Waals surface area contributed by atoms with Gasteiger partial charge in [0.25, 0.3) is 0 Å². The summed E-state index contributed by atoms with van der Waals surface area (Å²) in [4.78, 5) is 17.2. The van der Waals surface area contributed by atoms with Gasteiger partial charge < -0.3 is 25.2 Å². The summed E-state index contributed by atoms with van der Waals surface area (Å²) in [5.74, 6) is -1.62. The molecule has 0 atom stereocenters. The summed E-state index contributed by atoms with van der Waals surface area (Å²) in [5, 5.41) is 22.6. The smallest absolute Gasteiger partial charge is 0.545 e. The van der Waals surface area contributed by atoms with E-state index in [9.17, 15) is 35.1 Å². The predicted molar refractivity (Wildman–Crippen MR) is 117 cm³/mol. The van der Waals surface area contributed by atoms with Crippen LogP contribution in [0.2, 0.25) is 0 Å². The van der Waals surface area contributed by atoms with Gasteiger partial charge in [-0.2, -0.15) is 0 Å². The number of carbonyl (C=O) groups is 1. The fraction of sp³-hybridized carbons (Fsp3) is 0.600. The van der Waals surface area contributed by atoms with Crippen molar-refractivity contribution in [2.75, 3.05) is 33.2 Å². The zero-order valence-electron chi connectivity index (χ0n) is 19.4. The monoisotopic (exact) mass is 565 g/mol. The second kappa shape index (κ2) is 13.0. The molecule has 0 spiro atoms. The van der Waals surface area contributed by atoms with E-state index in [1.54, 1.807) is 6.07 Å². The van der Waals surface area contributed by atoms with Crippen molar-refractivity contribution < 1.29 is 56.7 Å². The van der Waals surface area contributed by atoms with E-state index in [0.29, 0.717) is 0 Å². The maximum atomic E-state index is 10.2. The quantitative estimate of drug-likeness (QED) is 0.282. The summed E-state index contributed by atoms with van der Waals surface area (Å²) in [7, 11) is -8.46. The van der Waals surface area contributed by atoms with Crippen LogP contribution in [0.1, 0.15) is 50.4 Å². The minimum atomic E-state index is -10.7. The maximum Gasteiger partial charge on any atom is 2.00 e. The Kier molecular flexibility index (Phi) is 13.3. The van der Waals surface area contributed by atoms with Gasteiger partial charge in [0.15, 0.2) is 0 Å². The number of phenols is 1. The normalized spacial score (nSPS) is 19.4. The first-order valence-electron chi connectivity index (χ1n) is 10.2. The van der Waals surface area contributed by atoms with Gasteiger partial charge in [0.2, 0.25) is 0 Å². The Morgan fingerprint density at radius 3 is 2.09 bits per heavy atom. The molecule has 0 radical (unpaired) electrons. The Morgan fingerprint density at radius 2 is 1.62 bits per heavy atom. The number of benzene rings is 1. The summed E-state index contributed by atoms with van der Waals surface area (Å²) in [6.45, 7) is 11.1. The summed E-state index contributed by atoms with van der Waals surface area (Å²) >= 11 is 0. The number of carbonyl (C=O) groups excluding carboxylic acids is 1. The van der Waals surface area contributed by atoms with E-state index >= 15 is 0 Å². The van der Waals surface area contributed by atoms with Crippen LogP contribution in [-0.2, 0) is 16.5 Å². The van der Waals surface area contributed by atoms with Crippen molar-refractivity contribution in [3.63, 3.8) is 0 Å². The van der Waals surface area contributed by atoms with Crippen LogP contribution in [0.5, 0.6) is 5.75 Å². The molecule has 0 aromatic heterocycles. The van der Waals surface area contributed by atoms with Gasteiger partial charge in [0.05, 0.1) is 5.97 Å². The Bertz CT molecular complexity index is 797. The van der Waals surface area contributed by atoms with Crippen molar-refractivity contribution in [1.82, 2.24) is 10.2 Å². The number of halogens is 6. The fourth-order valence-corrected chi connectivity index (χ4v) is 2.90. The Labute approximate surface area is 206 Å². The minimum Gasteiger partial charge on any atom is -0.545 e. The molecular formula is C20H32F6N3NiO3P. The van der Waals surface area contributed by atoms with Crippen LogP contribution in [-0.4, -0.2) is 60.5 Å². The van der Waals surface area contributed by atoms with Crippen molar-refractivity contribution >= 4 is 19.5 Å². The summed E-state index contributed by atoms with van der Waals surface area (Å²) in [6.07, 6.45) is 3.47. The van der Waals surface area contributed by atoms with Gasteiger partial charge in [-0.05, 0) is 72.4 Å². The first kappa shape index (κ1) is 34.7. The fourth-order valence-electron chi connectivity index (χ4n) is 2.90. The maximum absolute atomic E-state index is 10.7. The molecule has 1 heterocycles. The van der Waals surface area contributed by atoms with Crippen LogP contribution >= 0.6 is 7.81 Å². The summed E-state index contributed by atoms with van der Waals surface area (Å²) in [6, 6.07) is 5.64. The molecule has 0 amide bonds. The number of para-hydroxylation sites is 1. The van der Waals surface area contributed by atoms with Crippen LogP contribution < -0.4 is 10.4 Å². The molecule has 0 saturated carbocycles. The molecule has 1 aromatic rings. The third-order valence-electron chi connectivity index (χ3n) is 4.22. The number of nitrogens with one attached hydrogen (secondary N) is 1. The molecule has 202 valence electrons. The second-order valence-electron chi connectivity index (χ2n) is 8.38. The zero-order valence-corrected chi connectivity index (χ0v) is 21.3. The minimum absolute atomic E-state index is 0. The number of carboxylic acid groups (broad SMARTS) is 1. The molecule has 0 fully saturated rings. The van der Waals surface area contributed by atoms with Gasteiger partial charge in [-0.3, -0.25) is 4.99 Å². The number of hydrogen-bond donors (Lipinski definition) is 2. The van der Waals surface area contributed by atoms with Crippen LogP contribution in [0, 0.1) is 0 Å². The first-order chi connectivity index (χ1) is 14.7. The molecule has 6 nitrogen and oxygen atoms in total. The molecule has 2 rings (SSSR count). The molecule has 0 aliphatic carbocycles. The third kappa shape index (κ3) is 23.7. The van der Waals surface area contributed by atoms with Gasteiger partial charge in [-0.1, -0.05) is 12.1 Å². The predicted octanol–water partition coefficient (Wildman–Crippen LogP) is 5.07. The van der Waals surface area contributed by atoms with Crippen LogP contribution in [0.4, 0.5) is 25.2 Å². The Morgan fingerprint density at radius 1 is 1.12 bits per heavy atom. The Balaban J connectivity index is 0. The second-order valence-corrected chi connectivity index (χ2v) is 10.3. The van der Waals surface area contributed by atoms with E-state index in [4.69, 9.17) is 5.11 Å². The third-order valence-corrected chi connectivity index (χ3v) is 4.22. The van der Waals surface area contributed by atoms with E-state index in [0.717, 1.165) is 19.5 Å². The van der Waals surface area contributed by atoms with Gasteiger partial charge in [0, 0.05) is 29.8 Å². The standard InChI is InChI=1S/C13H27N3.C7H6O3.F6P.Ni/c1-12-11-13(2,3)15-8-6-10-16(4)9-5-7-14-12;8-6-4-2-1-3-5(6)7(9)10;1-7(2,3,4,5)6;/h15H,5-11H2,1-4H3;1-4,8H,(H,9,10);;/q;;-1;+2/p-1. The molecule has 1 aliphatic heterocycles. The molecule has 1 aromatic carbocycles. The van der Waals surface area contributed by atoms with Crippen LogP contribution in [0.15, 0.2) is 29.3 Å². The molecular weight excluding hydrogens is 534 g/mol. The number of hydrogen-bond acceptors (Lipinski definition) is 6. The number of aromatic carboxylic acids is 1. The van der Waals surface area contributed by atoms with E-state index < -0.39 is 13.8 Å². The average molecular weight is 566 g/mol. The van der Waals surface area contributed by atoms with Gasteiger partial charge in [0.1, 0.15) is 5.75 Å². The molecule has 2 N–H and O–H groups in total. The van der Waals surface area contributed by atoms with Gasteiger partial charge in [-0.25, -0.2) is 0 Å². The van der Waals surface area contributed by atoms with Crippen molar-refractivity contribution in [2.45, 2.75) is 45.6 Å². The van der Waals surface area contributed by atoms with E-state index in [-0.39, 0.29) is 33.3 Å². The van der Waals surface area contributed by atoms with E-state index in [1.165, 1.54) is 49.8 Å². The van der Waals surface area contributed by atoms with E-state index in [2.05, 4.69) is 43.0 Å². The SMILES string of the molecule is CC1=NCCCN(C)CCCNC(C)(C)C1.F[P-](F)(F)(F)(F)F.O=C([O-])c1ccccc1O.[Ni+2]. The molecule has 1 aliphatic rings. The summed E-state index contributed by atoms with van der Waals surface area (Å²) < 4.78 is 59.2. The summed E-state index contributed by atoms with van der Waals surface area (Å²) in [5.41, 5.74) is 1.29. The average Bonchev–Trinajstić information content (AvgIpc) is 2.59. The van der Waals surface area contributed by atoms with Crippen molar-refractivity contribution in [3.05, 3.63) is 29.8 Å². The molecule has 0 saturated heterocycles. The van der Waals surface area contributed by atoms with E-state index in [1.807, 2.05) is 0 Å².